The predicted octanol–water partition coefficient (Wildman–Crippen LogP) is 2.46. The molecular weight excluding hydrogens is 304 g/mol. The van der Waals surface area contributed by atoms with E-state index in [-0.39, 0.29) is 18.6 Å². The number of aromatic hydroxyl groups is 1. The van der Waals surface area contributed by atoms with E-state index in [1.807, 2.05) is 24.3 Å². The molecule has 0 spiro atoms. The average molecular weight is 326 g/mol. The Kier molecular flexibility index (Phi) is 4.04. The summed E-state index contributed by atoms with van der Waals surface area (Å²) in [5, 5.41) is 10.6. The van der Waals surface area contributed by atoms with Gasteiger partial charge in [0.2, 0.25) is 6.79 Å². The Morgan fingerprint density at radius 1 is 0.958 bits per heavy atom. The Bertz CT molecular complexity index is 712. The van der Waals surface area contributed by atoms with Gasteiger partial charge in [0, 0.05) is 37.8 Å². The number of ether oxygens (including phenoxy) is 2. The van der Waals surface area contributed by atoms with E-state index < -0.39 is 0 Å². The second-order valence-corrected chi connectivity index (χ2v) is 6.42. The lowest BCUT2D eigenvalue weighted by atomic mass is 9.95. The van der Waals surface area contributed by atoms with Crippen molar-refractivity contribution in [2.75, 3.05) is 40.0 Å². The quantitative estimate of drug-likeness (QED) is 0.939. The molecule has 126 valence electrons. The lowest BCUT2D eigenvalue weighted by Gasteiger charge is -2.38. The minimum absolute atomic E-state index is 0.00870. The summed E-state index contributed by atoms with van der Waals surface area (Å²) < 4.78 is 10.9. The number of hydrogen-bond acceptors (Lipinski definition) is 5. The average Bonchev–Trinajstić information content (AvgIpc) is 3.05. The number of fused-ring (bicyclic) bond motifs is 1. The highest BCUT2D eigenvalue weighted by atomic mass is 16.7. The van der Waals surface area contributed by atoms with Crippen molar-refractivity contribution >= 4 is 0 Å². The molecule has 2 aromatic rings. The van der Waals surface area contributed by atoms with Gasteiger partial charge in [0.1, 0.15) is 5.75 Å². The molecule has 0 saturated carbocycles. The highest BCUT2D eigenvalue weighted by Crippen LogP contribution is 2.43. The summed E-state index contributed by atoms with van der Waals surface area (Å²) in [5.41, 5.74) is 2.05. The van der Waals surface area contributed by atoms with Gasteiger partial charge < -0.3 is 19.5 Å². The topological polar surface area (TPSA) is 45.2 Å². The van der Waals surface area contributed by atoms with Crippen LogP contribution in [0.4, 0.5) is 0 Å². The number of piperazine rings is 1. The van der Waals surface area contributed by atoms with Crippen molar-refractivity contribution < 1.29 is 14.6 Å². The van der Waals surface area contributed by atoms with E-state index >= 15 is 0 Å². The van der Waals surface area contributed by atoms with Gasteiger partial charge in [-0.1, -0.05) is 30.3 Å². The fraction of sp³-hybridized carbons (Fsp3) is 0.368. The number of phenols is 1. The van der Waals surface area contributed by atoms with Gasteiger partial charge in [-0.05, 0) is 18.7 Å². The molecule has 1 saturated heterocycles. The molecule has 0 amide bonds. The maximum Gasteiger partial charge on any atom is 0.231 e. The second-order valence-electron chi connectivity index (χ2n) is 6.42. The maximum atomic E-state index is 10.6. The molecule has 2 aliphatic heterocycles. The fourth-order valence-corrected chi connectivity index (χ4v) is 3.47. The molecule has 0 bridgehead atoms. The molecule has 2 aromatic carbocycles. The van der Waals surface area contributed by atoms with Crippen LogP contribution < -0.4 is 9.47 Å². The Labute approximate surface area is 142 Å². The van der Waals surface area contributed by atoms with Gasteiger partial charge in [-0.2, -0.15) is 0 Å². The first-order valence-corrected chi connectivity index (χ1v) is 8.32. The van der Waals surface area contributed by atoms with Crippen molar-refractivity contribution in [3.8, 4) is 17.2 Å². The molecule has 0 aliphatic carbocycles. The predicted molar refractivity (Wildman–Crippen MR) is 91.6 cm³/mol. The number of benzene rings is 2. The van der Waals surface area contributed by atoms with Crippen LogP contribution in [0.15, 0.2) is 42.5 Å². The maximum absolute atomic E-state index is 10.6. The lowest BCUT2D eigenvalue weighted by molar-refractivity contribution is 0.126. The van der Waals surface area contributed by atoms with Gasteiger partial charge in [-0.3, -0.25) is 4.90 Å². The zero-order valence-electron chi connectivity index (χ0n) is 13.8. The van der Waals surface area contributed by atoms with Crippen molar-refractivity contribution in [2.24, 2.45) is 0 Å². The van der Waals surface area contributed by atoms with Crippen molar-refractivity contribution in [2.45, 2.75) is 6.04 Å². The first kappa shape index (κ1) is 15.3. The fourth-order valence-electron chi connectivity index (χ4n) is 3.47. The minimum Gasteiger partial charge on any atom is -0.507 e. The van der Waals surface area contributed by atoms with Crippen molar-refractivity contribution in [3.63, 3.8) is 0 Å². The molecule has 24 heavy (non-hydrogen) atoms. The molecular formula is C19H22N2O3. The van der Waals surface area contributed by atoms with Crippen LogP contribution in [0.25, 0.3) is 0 Å². The van der Waals surface area contributed by atoms with Gasteiger partial charge in [0.25, 0.3) is 0 Å². The van der Waals surface area contributed by atoms with E-state index in [0.717, 1.165) is 31.7 Å². The van der Waals surface area contributed by atoms with Crippen LogP contribution in [0.3, 0.4) is 0 Å². The summed E-state index contributed by atoms with van der Waals surface area (Å²) in [6.45, 7) is 4.18. The van der Waals surface area contributed by atoms with E-state index in [1.54, 1.807) is 6.07 Å². The summed E-state index contributed by atoms with van der Waals surface area (Å²) in [6.07, 6.45) is 0. The summed E-state index contributed by atoms with van der Waals surface area (Å²) in [6, 6.07) is 13.9. The highest BCUT2D eigenvalue weighted by Gasteiger charge is 2.29. The minimum atomic E-state index is 0.00870. The molecule has 1 N–H and O–H groups in total. The third-order valence-corrected chi connectivity index (χ3v) is 4.83. The molecule has 1 atom stereocenters. The van der Waals surface area contributed by atoms with Gasteiger partial charge in [-0.15, -0.1) is 0 Å². The molecule has 1 fully saturated rings. The van der Waals surface area contributed by atoms with Gasteiger partial charge in [-0.25, -0.2) is 0 Å². The summed E-state index contributed by atoms with van der Waals surface area (Å²) in [4.78, 5) is 4.75. The van der Waals surface area contributed by atoms with E-state index in [2.05, 4.69) is 29.0 Å². The monoisotopic (exact) mass is 326 g/mol. The van der Waals surface area contributed by atoms with Crippen molar-refractivity contribution in [3.05, 3.63) is 53.6 Å². The normalized spacial score (nSPS) is 19.4. The first-order valence-electron chi connectivity index (χ1n) is 8.32. The molecule has 5 heteroatoms. The molecule has 0 radical (unpaired) electrons. The zero-order valence-corrected chi connectivity index (χ0v) is 13.8. The van der Waals surface area contributed by atoms with Gasteiger partial charge in [0.05, 0.1) is 6.04 Å². The number of nitrogens with zero attached hydrogens (tertiary/aromatic N) is 2. The van der Waals surface area contributed by atoms with Gasteiger partial charge >= 0.3 is 0 Å². The van der Waals surface area contributed by atoms with E-state index in [9.17, 15) is 5.11 Å². The molecule has 2 aliphatic rings. The third kappa shape index (κ3) is 2.81. The summed E-state index contributed by atoms with van der Waals surface area (Å²) in [7, 11) is 2.15. The second kappa shape index (κ2) is 6.34. The Balaban J connectivity index is 1.76. The van der Waals surface area contributed by atoms with Crippen LogP contribution in [0, 0.1) is 0 Å². The van der Waals surface area contributed by atoms with Crippen LogP contribution in [0.5, 0.6) is 17.2 Å². The SMILES string of the molecule is CN1CCN([C@H](c2ccccc2)c2cc3c(cc2O)OCO3)CC1. The van der Waals surface area contributed by atoms with Crippen molar-refractivity contribution in [1.29, 1.82) is 0 Å². The van der Waals surface area contributed by atoms with E-state index in [0.29, 0.717) is 11.5 Å². The summed E-state index contributed by atoms with van der Waals surface area (Å²) >= 11 is 0. The Morgan fingerprint density at radius 2 is 1.62 bits per heavy atom. The molecule has 5 nitrogen and oxygen atoms in total. The Morgan fingerprint density at radius 3 is 2.33 bits per heavy atom. The van der Waals surface area contributed by atoms with Crippen LogP contribution in [-0.4, -0.2) is 54.9 Å². The third-order valence-electron chi connectivity index (χ3n) is 4.83. The number of rotatable bonds is 3. The highest BCUT2D eigenvalue weighted by molar-refractivity contribution is 5.54. The standard InChI is InChI=1S/C19H22N2O3/c1-20-7-9-21(10-8-20)19(14-5-3-2-4-6-14)15-11-17-18(12-16(15)22)24-13-23-17/h2-6,11-12,19,22H,7-10,13H2,1H3/t19-/m1/s1. The first-order chi connectivity index (χ1) is 11.7. The molecule has 4 rings (SSSR count). The van der Waals surface area contributed by atoms with Crippen LogP contribution in [0.1, 0.15) is 17.2 Å². The lowest BCUT2D eigenvalue weighted by Crippen LogP contribution is -2.46. The van der Waals surface area contributed by atoms with Crippen molar-refractivity contribution in [1.82, 2.24) is 9.80 Å². The van der Waals surface area contributed by atoms with E-state index in [4.69, 9.17) is 9.47 Å². The largest absolute Gasteiger partial charge is 0.507 e. The Hall–Kier alpha value is -2.24. The molecule has 2 heterocycles. The zero-order chi connectivity index (χ0) is 16.5. The molecule has 0 aromatic heterocycles. The number of phenolic OH excluding ortho intramolecular Hbond substituents is 1. The molecule has 0 unspecified atom stereocenters. The van der Waals surface area contributed by atoms with Gasteiger partial charge in [0.15, 0.2) is 11.5 Å². The van der Waals surface area contributed by atoms with Crippen LogP contribution in [-0.2, 0) is 0 Å². The van der Waals surface area contributed by atoms with Crippen LogP contribution in [0.2, 0.25) is 0 Å². The van der Waals surface area contributed by atoms with E-state index in [1.165, 1.54) is 5.56 Å². The number of likely N-dealkylation sites (N-methyl/N-ethyl adjacent to an activating group) is 1. The number of hydrogen-bond donors (Lipinski definition) is 1. The smallest absolute Gasteiger partial charge is 0.231 e. The van der Waals surface area contributed by atoms with Crippen LogP contribution >= 0.6 is 0 Å². The summed E-state index contributed by atoms with van der Waals surface area (Å²) in [5.74, 6) is 1.58.